The van der Waals surface area contributed by atoms with E-state index in [1.54, 1.807) is 14.0 Å². The van der Waals surface area contributed by atoms with Gasteiger partial charge in [-0.2, -0.15) is 13.2 Å². The van der Waals surface area contributed by atoms with Crippen LogP contribution in [0.15, 0.2) is 48.5 Å². The van der Waals surface area contributed by atoms with Gasteiger partial charge in [0.25, 0.3) is 5.91 Å². The molecule has 5 nitrogen and oxygen atoms in total. The summed E-state index contributed by atoms with van der Waals surface area (Å²) in [6, 6.07) is 12.9. The normalized spacial score (nSPS) is 12.3. The van der Waals surface area contributed by atoms with Crippen molar-refractivity contribution in [2.75, 3.05) is 19.0 Å². The molecule has 1 atom stereocenters. The monoisotopic (exact) mass is 383 g/mol. The Morgan fingerprint density at radius 2 is 1.81 bits per heavy atom. The maximum atomic E-state index is 12.2. The number of carbonyl (C=O) groups excluding carboxylic acids is 1. The molecule has 8 heteroatoms. The Bertz CT molecular complexity index is 747. The number of halogens is 3. The van der Waals surface area contributed by atoms with Crippen molar-refractivity contribution >= 4 is 11.6 Å². The molecule has 2 aromatic rings. The largest absolute Gasteiger partial charge is 0.497 e. The second kappa shape index (κ2) is 9.27. The van der Waals surface area contributed by atoms with Crippen LogP contribution in [0.5, 0.6) is 11.5 Å². The van der Waals surface area contributed by atoms with Crippen molar-refractivity contribution in [1.82, 2.24) is 0 Å². The lowest BCUT2D eigenvalue weighted by Crippen LogP contribution is -2.27. The standard InChI is InChI=1S/C19H20F3NO4/c1-13(26-11-14-4-3-5-17(10-14)25-2)18(24)23-15-6-8-16(9-7-15)27-12-19(20,21)22/h3-10,13H,11-12H2,1-2H3,(H,23,24)/t13-/m0/s1. The molecule has 2 rings (SSSR count). The molecular formula is C19H20F3NO4. The minimum absolute atomic E-state index is 0.0626. The lowest BCUT2D eigenvalue weighted by molar-refractivity contribution is -0.153. The first-order valence-corrected chi connectivity index (χ1v) is 8.12. The number of carbonyl (C=O) groups is 1. The summed E-state index contributed by atoms with van der Waals surface area (Å²) >= 11 is 0. The lowest BCUT2D eigenvalue weighted by Gasteiger charge is -2.14. The molecule has 0 unspecified atom stereocenters. The molecule has 27 heavy (non-hydrogen) atoms. The van der Waals surface area contributed by atoms with Gasteiger partial charge in [0.1, 0.15) is 17.6 Å². The number of hydrogen-bond donors (Lipinski definition) is 1. The first-order valence-electron chi connectivity index (χ1n) is 8.12. The van der Waals surface area contributed by atoms with Crippen LogP contribution < -0.4 is 14.8 Å². The van der Waals surface area contributed by atoms with E-state index in [0.717, 1.165) is 5.56 Å². The molecule has 0 spiro atoms. The number of benzene rings is 2. The highest BCUT2D eigenvalue weighted by Crippen LogP contribution is 2.20. The van der Waals surface area contributed by atoms with Gasteiger partial charge in [-0.15, -0.1) is 0 Å². The van der Waals surface area contributed by atoms with E-state index in [1.807, 2.05) is 24.3 Å². The molecule has 0 aliphatic heterocycles. The molecule has 1 N–H and O–H groups in total. The molecule has 0 saturated heterocycles. The van der Waals surface area contributed by atoms with Crippen LogP contribution in [0, 0.1) is 0 Å². The van der Waals surface area contributed by atoms with Gasteiger partial charge in [0.05, 0.1) is 13.7 Å². The average Bonchev–Trinajstić information content (AvgIpc) is 2.65. The SMILES string of the molecule is COc1cccc(CO[C@@H](C)C(=O)Nc2ccc(OCC(F)(F)F)cc2)c1. The van der Waals surface area contributed by atoms with Crippen molar-refractivity contribution in [3.8, 4) is 11.5 Å². The van der Waals surface area contributed by atoms with Crippen molar-refractivity contribution in [2.45, 2.75) is 25.8 Å². The van der Waals surface area contributed by atoms with Crippen LogP contribution in [-0.2, 0) is 16.1 Å². The predicted octanol–water partition coefficient (Wildman–Crippen LogP) is 4.18. The Balaban J connectivity index is 1.83. The highest BCUT2D eigenvalue weighted by Gasteiger charge is 2.28. The number of amides is 1. The fraction of sp³-hybridized carbons (Fsp3) is 0.316. The summed E-state index contributed by atoms with van der Waals surface area (Å²) < 4.78 is 51.6. The van der Waals surface area contributed by atoms with E-state index in [-0.39, 0.29) is 18.3 Å². The minimum atomic E-state index is -4.40. The summed E-state index contributed by atoms with van der Waals surface area (Å²) in [4.78, 5) is 12.2. The Kier molecular flexibility index (Phi) is 7.06. The summed E-state index contributed by atoms with van der Waals surface area (Å²) in [6.45, 7) is 0.472. The maximum Gasteiger partial charge on any atom is 0.422 e. The van der Waals surface area contributed by atoms with Crippen molar-refractivity contribution < 1.29 is 32.2 Å². The summed E-state index contributed by atoms with van der Waals surface area (Å²) in [5.41, 5.74) is 1.29. The zero-order chi connectivity index (χ0) is 19.9. The smallest absolute Gasteiger partial charge is 0.422 e. The van der Waals surface area contributed by atoms with Gasteiger partial charge < -0.3 is 19.5 Å². The molecule has 2 aromatic carbocycles. The topological polar surface area (TPSA) is 56.8 Å². The second-order valence-electron chi connectivity index (χ2n) is 5.72. The van der Waals surface area contributed by atoms with Crippen molar-refractivity contribution in [2.24, 2.45) is 0 Å². The van der Waals surface area contributed by atoms with Crippen LogP contribution in [0.1, 0.15) is 12.5 Å². The van der Waals surface area contributed by atoms with Crippen LogP contribution in [0.4, 0.5) is 18.9 Å². The van der Waals surface area contributed by atoms with E-state index in [4.69, 9.17) is 9.47 Å². The summed E-state index contributed by atoms with van der Waals surface area (Å²) in [6.07, 6.45) is -5.13. The number of alkyl halides is 3. The van der Waals surface area contributed by atoms with Gasteiger partial charge >= 0.3 is 6.18 Å². The first-order chi connectivity index (χ1) is 12.8. The molecule has 0 radical (unpaired) electrons. The molecular weight excluding hydrogens is 363 g/mol. The number of rotatable bonds is 8. The first kappa shape index (κ1) is 20.6. The van der Waals surface area contributed by atoms with Crippen LogP contribution in [0.2, 0.25) is 0 Å². The van der Waals surface area contributed by atoms with E-state index >= 15 is 0 Å². The lowest BCUT2D eigenvalue weighted by atomic mass is 10.2. The Labute approximate surface area is 155 Å². The summed E-state index contributed by atoms with van der Waals surface area (Å²) in [5, 5.41) is 2.63. The number of hydrogen-bond acceptors (Lipinski definition) is 4. The van der Waals surface area contributed by atoms with Crippen LogP contribution in [0.25, 0.3) is 0 Å². The van der Waals surface area contributed by atoms with Gasteiger partial charge in [-0.25, -0.2) is 0 Å². The number of methoxy groups -OCH3 is 1. The van der Waals surface area contributed by atoms with Crippen LogP contribution >= 0.6 is 0 Å². The van der Waals surface area contributed by atoms with Gasteiger partial charge in [-0.1, -0.05) is 12.1 Å². The zero-order valence-electron chi connectivity index (χ0n) is 14.9. The predicted molar refractivity (Wildman–Crippen MR) is 93.9 cm³/mol. The average molecular weight is 383 g/mol. The summed E-state index contributed by atoms with van der Waals surface area (Å²) in [5.74, 6) is 0.385. The molecule has 0 saturated carbocycles. The van der Waals surface area contributed by atoms with E-state index < -0.39 is 18.9 Å². The molecule has 146 valence electrons. The van der Waals surface area contributed by atoms with Crippen LogP contribution in [0.3, 0.4) is 0 Å². The van der Waals surface area contributed by atoms with Gasteiger partial charge in [0, 0.05) is 5.69 Å². The molecule has 1 amide bonds. The second-order valence-corrected chi connectivity index (χ2v) is 5.72. The number of anilines is 1. The highest BCUT2D eigenvalue weighted by molar-refractivity contribution is 5.93. The van der Waals surface area contributed by atoms with Crippen molar-refractivity contribution in [1.29, 1.82) is 0 Å². The highest BCUT2D eigenvalue weighted by atomic mass is 19.4. The molecule has 0 bridgehead atoms. The van der Waals surface area contributed by atoms with E-state index in [2.05, 4.69) is 10.1 Å². The van der Waals surface area contributed by atoms with Crippen molar-refractivity contribution in [3.63, 3.8) is 0 Å². The third-order valence-corrected chi connectivity index (χ3v) is 3.53. The minimum Gasteiger partial charge on any atom is -0.497 e. The van der Waals surface area contributed by atoms with Gasteiger partial charge in [-0.05, 0) is 48.9 Å². The quantitative estimate of drug-likeness (QED) is 0.743. The maximum absolute atomic E-state index is 12.2. The van der Waals surface area contributed by atoms with Gasteiger partial charge in [0.2, 0.25) is 0 Å². The zero-order valence-corrected chi connectivity index (χ0v) is 14.9. The fourth-order valence-electron chi connectivity index (χ4n) is 2.10. The van der Waals surface area contributed by atoms with E-state index in [9.17, 15) is 18.0 Å². The molecule has 0 aromatic heterocycles. The Morgan fingerprint density at radius 1 is 1.11 bits per heavy atom. The fourth-order valence-corrected chi connectivity index (χ4v) is 2.10. The molecule has 0 aliphatic rings. The van der Waals surface area contributed by atoms with Gasteiger partial charge in [-0.3, -0.25) is 4.79 Å². The Hall–Kier alpha value is -2.74. The number of ether oxygens (including phenoxy) is 3. The van der Waals surface area contributed by atoms with Gasteiger partial charge in [0.15, 0.2) is 6.61 Å². The summed E-state index contributed by atoms with van der Waals surface area (Å²) in [7, 11) is 1.56. The third-order valence-electron chi connectivity index (χ3n) is 3.53. The third kappa shape index (κ3) is 7.18. The molecule has 0 aliphatic carbocycles. The molecule has 0 heterocycles. The van der Waals surface area contributed by atoms with E-state index in [0.29, 0.717) is 11.4 Å². The Morgan fingerprint density at radius 3 is 2.44 bits per heavy atom. The van der Waals surface area contributed by atoms with E-state index in [1.165, 1.54) is 24.3 Å². The van der Waals surface area contributed by atoms with Crippen molar-refractivity contribution in [3.05, 3.63) is 54.1 Å². The van der Waals surface area contributed by atoms with Crippen LogP contribution in [-0.4, -0.2) is 31.9 Å². The molecule has 0 fully saturated rings. The number of nitrogens with one attached hydrogen (secondary N) is 1.